The molecule has 1 atom stereocenters. The van der Waals surface area contributed by atoms with E-state index in [1.54, 1.807) is 6.92 Å². The van der Waals surface area contributed by atoms with Gasteiger partial charge in [-0.3, -0.25) is 14.9 Å². The van der Waals surface area contributed by atoms with E-state index in [2.05, 4.69) is 10.5 Å². The van der Waals surface area contributed by atoms with Crippen LogP contribution in [-0.4, -0.2) is 23.7 Å². The zero-order valence-corrected chi connectivity index (χ0v) is 17.9. The van der Waals surface area contributed by atoms with E-state index in [4.69, 9.17) is 4.74 Å². The number of hydrogen-bond acceptors (Lipinski definition) is 6. The molecule has 33 heavy (non-hydrogen) atoms. The summed E-state index contributed by atoms with van der Waals surface area (Å²) in [6, 6.07) is 21.8. The second kappa shape index (κ2) is 9.12. The van der Waals surface area contributed by atoms with E-state index in [0.717, 1.165) is 29.5 Å². The number of hydrazone groups is 1. The quantitative estimate of drug-likeness (QED) is 0.324. The van der Waals surface area contributed by atoms with Crippen LogP contribution in [0.2, 0.25) is 0 Å². The normalized spacial score (nSPS) is 16.3. The number of hydrogen-bond donors (Lipinski definition) is 1. The summed E-state index contributed by atoms with van der Waals surface area (Å²) in [5.41, 5.74) is 3.81. The van der Waals surface area contributed by atoms with Crippen molar-refractivity contribution in [2.75, 3.05) is 6.61 Å². The van der Waals surface area contributed by atoms with Crippen molar-refractivity contribution in [1.82, 2.24) is 5.43 Å². The van der Waals surface area contributed by atoms with Crippen LogP contribution in [0.5, 0.6) is 11.5 Å². The monoisotopic (exact) mass is 444 g/mol. The molecular formula is C25H22N3O5-. The van der Waals surface area contributed by atoms with Gasteiger partial charge in [-0.05, 0) is 30.0 Å². The highest BCUT2D eigenvalue weighted by Gasteiger charge is 2.60. The number of amides is 1. The number of nitrogens with zero attached hydrogens (tertiary/aromatic N) is 2. The lowest BCUT2D eigenvalue weighted by atomic mass is 9.85. The molecule has 1 N–H and O–H groups in total. The minimum atomic E-state index is -0.615. The van der Waals surface area contributed by atoms with Crippen LogP contribution >= 0.6 is 0 Å². The molecule has 0 bridgehead atoms. The minimum absolute atomic E-state index is 0.0406. The summed E-state index contributed by atoms with van der Waals surface area (Å²) < 4.78 is 5.20. The Hall–Kier alpha value is -4.20. The van der Waals surface area contributed by atoms with Gasteiger partial charge in [0, 0.05) is 11.5 Å². The first-order valence-electron chi connectivity index (χ1n) is 10.5. The van der Waals surface area contributed by atoms with E-state index in [1.807, 2.05) is 60.7 Å². The van der Waals surface area contributed by atoms with Crippen LogP contribution in [0.4, 0.5) is 5.69 Å². The maximum Gasteiger partial charge on any atom is 0.273 e. The summed E-state index contributed by atoms with van der Waals surface area (Å²) >= 11 is 0. The molecule has 1 fully saturated rings. The molecular weight excluding hydrogens is 422 g/mol. The Balaban J connectivity index is 1.56. The SMILES string of the molecule is CCOc1cc([N+](=O)[O-])cc(/C=N\NC(=O)[C@@H]2CC2(c2ccccc2)c2ccccc2)c1[O-]. The molecule has 3 aromatic carbocycles. The number of nitrogens with one attached hydrogen (secondary N) is 1. The summed E-state index contributed by atoms with van der Waals surface area (Å²) in [5, 5.41) is 27.6. The fourth-order valence-electron chi connectivity index (χ4n) is 4.17. The van der Waals surface area contributed by atoms with Crippen LogP contribution < -0.4 is 15.3 Å². The maximum absolute atomic E-state index is 13.0. The van der Waals surface area contributed by atoms with Gasteiger partial charge in [0.1, 0.15) is 5.75 Å². The molecule has 0 radical (unpaired) electrons. The fourth-order valence-corrected chi connectivity index (χ4v) is 4.17. The number of ether oxygens (including phenoxy) is 1. The van der Waals surface area contributed by atoms with E-state index in [9.17, 15) is 20.0 Å². The molecule has 8 nitrogen and oxygen atoms in total. The lowest BCUT2D eigenvalue weighted by molar-refractivity contribution is -0.385. The maximum atomic E-state index is 13.0. The molecule has 1 aliphatic carbocycles. The Morgan fingerprint density at radius 1 is 1.15 bits per heavy atom. The van der Waals surface area contributed by atoms with Crippen molar-refractivity contribution < 1.29 is 19.6 Å². The molecule has 1 aliphatic rings. The standard InChI is InChI=1S/C25H23N3O5/c1-2-33-22-14-20(28(31)32)13-17(23(22)29)16-26-27-24(30)21-15-25(21,18-9-5-3-6-10-18)19-11-7-4-8-12-19/h3-14,16,21,29H,2,15H2,1H3,(H,27,30)/p-1/b26-16-/t21-/m0/s1. The van der Waals surface area contributed by atoms with Gasteiger partial charge in [-0.25, -0.2) is 5.43 Å². The lowest BCUT2D eigenvalue weighted by Crippen LogP contribution is -2.25. The topological polar surface area (TPSA) is 117 Å². The molecule has 168 valence electrons. The van der Waals surface area contributed by atoms with E-state index >= 15 is 0 Å². The minimum Gasteiger partial charge on any atom is -0.870 e. The van der Waals surface area contributed by atoms with Gasteiger partial charge in [0.25, 0.3) is 5.69 Å². The zero-order chi connectivity index (χ0) is 23.4. The van der Waals surface area contributed by atoms with Crippen LogP contribution in [0, 0.1) is 16.0 Å². The van der Waals surface area contributed by atoms with Crippen molar-refractivity contribution >= 4 is 17.8 Å². The summed E-state index contributed by atoms with van der Waals surface area (Å²) in [4.78, 5) is 23.5. The first kappa shape index (κ1) is 22.0. The number of nitro groups is 1. The Morgan fingerprint density at radius 2 is 1.76 bits per heavy atom. The lowest BCUT2D eigenvalue weighted by Gasteiger charge is -2.18. The van der Waals surface area contributed by atoms with Crippen molar-refractivity contribution in [3.63, 3.8) is 0 Å². The third kappa shape index (κ3) is 4.27. The summed E-state index contributed by atoms with van der Waals surface area (Å²) in [5.74, 6) is -1.29. The predicted octanol–water partition coefficient (Wildman–Crippen LogP) is 3.52. The molecule has 0 unspecified atom stereocenters. The molecule has 8 heteroatoms. The van der Waals surface area contributed by atoms with Crippen LogP contribution in [-0.2, 0) is 10.2 Å². The smallest absolute Gasteiger partial charge is 0.273 e. The van der Waals surface area contributed by atoms with Gasteiger partial charge >= 0.3 is 0 Å². The van der Waals surface area contributed by atoms with Crippen molar-refractivity contribution in [3.05, 3.63) is 99.6 Å². The molecule has 4 rings (SSSR count). The molecule has 0 saturated heterocycles. The van der Waals surface area contributed by atoms with Gasteiger partial charge in [0.15, 0.2) is 0 Å². The second-order valence-corrected chi connectivity index (χ2v) is 7.75. The van der Waals surface area contributed by atoms with Crippen molar-refractivity contribution in [2.45, 2.75) is 18.8 Å². The predicted molar refractivity (Wildman–Crippen MR) is 121 cm³/mol. The van der Waals surface area contributed by atoms with Gasteiger partial charge in [0.2, 0.25) is 5.91 Å². The molecule has 0 aromatic heterocycles. The molecule has 0 spiro atoms. The van der Waals surface area contributed by atoms with E-state index in [1.165, 1.54) is 0 Å². The van der Waals surface area contributed by atoms with Gasteiger partial charge in [-0.15, -0.1) is 0 Å². The fraction of sp³-hybridized carbons (Fsp3) is 0.200. The average molecular weight is 444 g/mol. The van der Waals surface area contributed by atoms with Gasteiger partial charge < -0.3 is 9.84 Å². The number of non-ortho nitro benzene ring substituents is 1. The highest BCUT2D eigenvalue weighted by atomic mass is 16.6. The van der Waals surface area contributed by atoms with E-state index in [-0.39, 0.29) is 35.4 Å². The van der Waals surface area contributed by atoms with Crippen molar-refractivity contribution in [3.8, 4) is 11.5 Å². The first-order chi connectivity index (χ1) is 16.0. The van der Waals surface area contributed by atoms with Gasteiger partial charge in [-0.1, -0.05) is 66.4 Å². The van der Waals surface area contributed by atoms with Gasteiger partial charge in [-0.2, -0.15) is 5.10 Å². The third-order valence-electron chi connectivity index (χ3n) is 5.81. The van der Waals surface area contributed by atoms with E-state index in [0.29, 0.717) is 6.42 Å². The highest BCUT2D eigenvalue weighted by Crippen LogP contribution is 2.58. The number of nitro benzene ring substituents is 1. The third-order valence-corrected chi connectivity index (χ3v) is 5.81. The number of rotatable bonds is 8. The van der Waals surface area contributed by atoms with Crippen molar-refractivity contribution in [1.29, 1.82) is 0 Å². The van der Waals surface area contributed by atoms with Gasteiger partial charge in [0.05, 0.1) is 29.7 Å². The Labute approximate surface area is 190 Å². The zero-order valence-electron chi connectivity index (χ0n) is 17.9. The van der Waals surface area contributed by atoms with E-state index < -0.39 is 16.1 Å². The first-order valence-corrected chi connectivity index (χ1v) is 10.5. The highest BCUT2D eigenvalue weighted by molar-refractivity contribution is 5.89. The Bertz CT molecular complexity index is 1160. The van der Waals surface area contributed by atoms with Crippen LogP contribution in [0.1, 0.15) is 30.0 Å². The molecule has 0 heterocycles. The summed E-state index contributed by atoms with van der Waals surface area (Å²) in [6.45, 7) is 1.86. The number of carbonyl (C=O) groups excluding carboxylic acids is 1. The van der Waals surface area contributed by atoms with Crippen molar-refractivity contribution in [2.24, 2.45) is 11.0 Å². The number of carbonyl (C=O) groups is 1. The van der Waals surface area contributed by atoms with Crippen LogP contribution in [0.3, 0.4) is 0 Å². The van der Waals surface area contributed by atoms with Crippen LogP contribution in [0.15, 0.2) is 77.9 Å². The molecule has 1 amide bonds. The average Bonchev–Trinajstić information content (AvgIpc) is 3.59. The molecule has 0 aliphatic heterocycles. The number of benzene rings is 3. The molecule has 3 aromatic rings. The Morgan fingerprint density at radius 3 is 2.30 bits per heavy atom. The second-order valence-electron chi connectivity index (χ2n) is 7.75. The largest absolute Gasteiger partial charge is 0.870 e. The van der Waals surface area contributed by atoms with Crippen LogP contribution in [0.25, 0.3) is 0 Å². The summed E-state index contributed by atoms with van der Waals surface area (Å²) in [7, 11) is 0. The molecule has 1 saturated carbocycles. The summed E-state index contributed by atoms with van der Waals surface area (Å²) in [6.07, 6.45) is 1.74. The Kier molecular flexibility index (Phi) is 6.08.